The van der Waals surface area contributed by atoms with Crippen LogP contribution in [0.25, 0.3) is 0 Å². The van der Waals surface area contributed by atoms with Crippen molar-refractivity contribution >= 4 is 25.2 Å². The molecule has 14 heteroatoms. The van der Waals surface area contributed by atoms with Gasteiger partial charge in [-0.05, 0) is 56.3 Å². The summed E-state index contributed by atoms with van der Waals surface area (Å²) in [6.07, 6.45) is -8.41. The van der Waals surface area contributed by atoms with Crippen LogP contribution in [-0.4, -0.2) is 60.4 Å². The van der Waals surface area contributed by atoms with Gasteiger partial charge in [-0.2, -0.15) is 26.3 Å². The first-order valence-electron chi connectivity index (χ1n) is 11.1. The number of piperazine rings is 1. The van der Waals surface area contributed by atoms with Gasteiger partial charge in [0, 0.05) is 43.8 Å². The van der Waals surface area contributed by atoms with Crippen molar-refractivity contribution in [3.8, 4) is 0 Å². The molecule has 0 saturated carbocycles. The highest BCUT2D eigenvalue weighted by atomic mass is 19.4. The number of rotatable bonds is 7. The molecule has 1 aromatic heterocycles. The molecule has 2 amide bonds. The summed E-state index contributed by atoms with van der Waals surface area (Å²) >= 11 is 0. The van der Waals surface area contributed by atoms with Crippen LogP contribution in [0.2, 0.25) is 0 Å². The van der Waals surface area contributed by atoms with Crippen LogP contribution in [0.5, 0.6) is 0 Å². The smallest absolute Gasteiger partial charge is 0.416 e. The maximum absolute atomic E-state index is 13.1. The topological polar surface area (TPSA) is 82.4 Å². The molecule has 0 unspecified atom stereocenters. The number of hydrogen-bond acceptors (Lipinski definition) is 6. The van der Waals surface area contributed by atoms with Gasteiger partial charge in [-0.25, -0.2) is 14.8 Å². The number of amides is 2. The molecule has 2 heterocycles. The van der Waals surface area contributed by atoms with Crippen LogP contribution in [-0.2, 0) is 23.7 Å². The number of carbonyl (C=O) groups is 1. The number of urea groups is 1. The minimum atomic E-state index is -5.03. The number of halogens is 6. The van der Waals surface area contributed by atoms with Gasteiger partial charge in [0.2, 0.25) is 0 Å². The predicted molar refractivity (Wildman–Crippen MR) is 128 cm³/mol. The Labute approximate surface area is 214 Å². The van der Waals surface area contributed by atoms with Crippen LogP contribution in [0, 0.1) is 6.92 Å². The molecule has 0 bridgehead atoms. The number of pyridine rings is 1. The van der Waals surface area contributed by atoms with Crippen LogP contribution >= 0.6 is 0 Å². The Morgan fingerprint density at radius 2 is 1.55 bits per heavy atom. The van der Waals surface area contributed by atoms with E-state index >= 15 is 0 Å². The second-order valence-electron chi connectivity index (χ2n) is 8.24. The van der Waals surface area contributed by atoms with Crippen molar-refractivity contribution < 1.29 is 35.9 Å². The average molecular weight is 542 g/mol. The monoisotopic (exact) mass is 542 g/mol. The summed E-state index contributed by atoms with van der Waals surface area (Å²) in [5.74, 6) is 0.384. The molecular weight excluding hydrogens is 518 g/mol. The third-order valence-electron chi connectivity index (χ3n) is 5.53. The largest absolute Gasteiger partial charge is 0.470 e. The van der Waals surface area contributed by atoms with E-state index in [1.165, 1.54) is 4.90 Å². The fraction of sp³-hybridized carbons (Fsp3) is 0.333. The lowest BCUT2D eigenvalue weighted by atomic mass is 10.1. The first-order valence-corrected chi connectivity index (χ1v) is 11.1. The maximum Gasteiger partial charge on any atom is 0.416 e. The zero-order chi connectivity index (χ0) is 28.1. The van der Waals surface area contributed by atoms with E-state index in [4.69, 9.17) is 4.74 Å². The second kappa shape index (κ2) is 11.5. The number of benzene rings is 1. The number of ether oxygens (including phenoxy) is 1. The summed E-state index contributed by atoms with van der Waals surface area (Å²) in [5, 5.41) is 2.13. The third kappa shape index (κ3) is 7.23. The minimum absolute atomic E-state index is 0.00623. The molecule has 2 aromatic rings. The highest BCUT2D eigenvalue weighted by Gasteiger charge is 2.37. The van der Waals surface area contributed by atoms with Crippen molar-refractivity contribution in [3.05, 3.63) is 70.6 Å². The zero-order valence-corrected chi connectivity index (χ0v) is 20.2. The molecule has 1 aliphatic heterocycles. The number of aliphatic imine (C=N–C) groups is 2. The van der Waals surface area contributed by atoms with E-state index < -0.39 is 35.2 Å². The quantitative estimate of drug-likeness (QED) is 0.292. The van der Waals surface area contributed by atoms with E-state index in [9.17, 15) is 31.1 Å². The summed E-state index contributed by atoms with van der Waals surface area (Å²) in [6.45, 7) is 9.64. The van der Waals surface area contributed by atoms with Gasteiger partial charge in [0.05, 0.1) is 11.1 Å². The fourth-order valence-corrected chi connectivity index (χ4v) is 3.68. The number of aryl methyl sites for hydroxylation is 1. The molecule has 3 rings (SSSR count). The summed E-state index contributed by atoms with van der Waals surface area (Å²) in [7, 11) is 0. The lowest BCUT2D eigenvalue weighted by Gasteiger charge is -2.36. The Hall–Kier alpha value is -4.10. The Balaban J connectivity index is 1.68. The summed E-state index contributed by atoms with van der Waals surface area (Å²) in [6, 6.07) is 3.66. The molecule has 0 atom stereocenters. The Bertz CT molecular complexity index is 1190. The van der Waals surface area contributed by atoms with E-state index in [1.807, 2.05) is 13.0 Å². The molecule has 0 radical (unpaired) electrons. The van der Waals surface area contributed by atoms with Gasteiger partial charge in [-0.3, -0.25) is 4.98 Å². The van der Waals surface area contributed by atoms with Crippen molar-refractivity contribution in [2.75, 3.05) is 31.5 Å². The van der Waals surface area contributed by atoms with Crippen molar-refractivity contribution in [2.45, 2.75) is 25.9 Å². The van der Waals surface area contributed by atoms with Crippen LogP contribution in [0.4, 0.5) is 36.8 Å². The van der Waals surface area contributed by atoms with E-state index in [2.05, 4.69) is 33.7 Å². The van der Waals surface area contributed by atoms with Gasteiger partial charge in [0.15, 0.2) is 5.82 Å². The molecule has 38 heavy (non-hydrogen) atoms. The van der Waals surface area contributed by atoms with Gasteiger partial charge in [0.1, 0.15) is 6.61 Å². The summed E-state index contributed by atoms with van der Waals surface area (Å²) in [5.41, 5.74) is -2.02. The van der Waals surface area contributed by atoms with Gasteiger partial charge in [-0.1, -0.05) is 0 Å². The molecule has 0 spiro atoms. The third-order valence-corrected chi connectivity index (χ3v) is 5.53. The molecule has 0 aliphatic carbocycles. The Kier molecular flexibility index (Phi) is 8.63. The first kappa shape index (κ1) is 28.5. The van der Waals surface area contributed by atoms with E-state index in [-0.39, 0.29) is 50.6 Å². The molecule has 1 fully saturated rings. The van der Waals surface area contributed by atoms with Crippen LogP contribution in [0.3, 0.4) is 0 Å². The molecule has 1 aliphatic rings. The highest BCUT2D eigenvalue weighted by molar-refractivity contribution is 5.89. The van der Waals surface area contributed by atoms with Crippen molar-refractivity contribution in [1.82, 2.24) is 14.8 Å². The molecule has 1 saturated heterocycles. The molecular formula is C24H24F6N6O2. The van der Waals surface area contributed by atoms with Gasteiger partial charge in [-0.15, -0.1) is 0 Å². The Morgan fingerprint density at radius 1 is 0.974 bits per heavy atom. The van der Waals surface area contributed by atoms with E-state index in [1.54, 1.807) is 17.2 Å². The number of aromatic nitrogens is 1. The van der Waals surface area contributed by atoms with Crippen LogP contribution in [0.15, 0.2) is 58.2 Å². The van der Waals surface area contributed by atoms with Gasteiger partial charge >= 0.3 is 18.4 Å². The zero-order valence-electron chi connectivity index (χ0n) is 20.2. The first-order chi connectivity index (χ1) is 17.8. The number of nitrogens with zero attached hydrogens (tertiary/aromatic N) is 5. The van der Waals surface area contributed by atoms with Crippen molar-refractivity contribution in [2.24, 2.45) is 9.98 Å². The lowest BCUT2D eigenvalue weighted by Crippen LogP contribution is -2.49. The fourth-order valence-electron chi connectivity index (χ4n) is 3.68. The number of anilines is 1. The SMILES string of the molecule is C=N/C(OCc1ccnc(C)c1)=C(\N=C)N1CCN(C(=O)Nc2cc(C(F)(F)F)cc(C(F)(F)F)c2)CC1. The summed E-state index contributed by atoms with van der Waals surface area (Å²) < 4.78 is 84.4. The Morgan fingerprint density at radius 3 is 2.05 bits per heavy atom. The highest BCUT2D eigenvalue weighted by Crippen LogP contribution is 2.37. The van der Waals surface area contributed by atoms with E-state index in [0.29, 0.717) is 12.1 Å². The summed E-state index contributed by atoms with van der Waals surface area (Å²) in [4.78, 5) is 27.6. The molecule has 1 N–H and O–H groups in total. The standard InChI is InChI=1S/C24H24F6N6O2/c1-15-10-16(4-5-33-15)14-38-21(32-3)20(31-2)35-6-8-36(9-7-35)22(37)34-19-12-17(23(25,26)27)11-18(13-19)24(28,29)30/h4-5,10-13H,2-3,6-9,14H2,1H3,(H,34,37)/b21-20-. The number of alkyl halides is 6. The minimum Gasteiger partial charge on any atom is -0.470 e. The van der Waals surface area contributed by atoms with E-state index in [0.717, 1.165) is 11.3 Å². The van der Waals surface area contributed by atoms with Gasteiger partial charge < -0.3 is 19.9 Å². The van der Waals surface area contributed by atoms with Gasteiger partial charge in [0.25, 0.3) is 5.88 Å². The number of nitrogens with one attached hydrogen (secondary N) is 1. The average Bonchev–Trinajstić information content (AvgIpc) is 2.85. The second-order valence-corrected chi connectivity index (χ2v) is 8.24. The number of hydrogen-bond donors (Lipinski definition) is 1. The lowest BCUT2D eigenvalue weighted by molar-refractivity contribution is -0.143. The van der Waals surface area contributed by atoms with Crippen LogP contribution in [0.1, 0.15) is 22.4 Å². The normalized spacial score (nSPS) is 15.0. The molecule has 8 nitrogen and oxygen atoms in total. The van der Waals surface area contributed by atoms with Crippen molar-refractivity contribution in [1.29, 1.82) is 0 Å². The number of carbonyl (C=O) groups excluding carboxylic acids is 1. The molecule has 1 aromatic carbocycles. The molecule has 204 valence electrons. The van der Waals surface area contributed by atoms with Crippen LogP contribution < -0.4 is 5.32 Å². The maximum atomic E-state index is 13.1. The predicted octanol–water partition coefficient (Wildman–Crippen LogP) is 5.32. The van der Waals surface area contributed by atoms with Crippen molar-refractivity contribution in [3.63, 3.8) is 0 Å².